The molecule has 0 bridgehead atoms. The molecule has 4 aromatic rings. The van der Waals surface area contributed by atoms with E-state index in [0.717, 1.165) is 11.1 Å². The molecule has 208 valence electrons. The largest absolute Gasteiger partial charge is 0.493 e. The molecule has 0 radical (unpaired) electrons. The summed E-state index contributed by atoms with van der Waals surface area (Å²) in [6.07, 6.45) is 0.516. The molecule has 1 heterocycles. The summed E-state index contributed by atoms with van der Waals surface area (Å²) in [6.45, 7) is 2.20. The van der Waals surface area contributed by atoms with Crippen LogP contribution in [-0.4, -0.2) is 51.2 Å². The number of para-hydroxylation sites is 1. The lowest BCUT2D eigenvalue weighted by Crippen LogP contribution is -2.27. The Bertz CT molecular complexity index is 1620. The molecule has 0 unspecified atom stereocenters. The predicted octanol–water partition coefficient (Wildman–Crippen LogP) is 3.89. The smallest absolute Gasteiger partial charge is 0.291 e. The SMILES string of the molecule is COc1ccc(CCNC(=O)c2ccccc2NS(=O)(=O)c2nnc(NC(=O)c3ccc(C)cc3)s2)cc1OC. The number of aromatic nitrogens is 2. The number of nitrogens with one attached hydrogen (secondary N) is 3. The highest BCUT2D eigenvalue weighted by Crippen LogP contribution is 2.28. The standard InChI is InChI=1S/C27H27N5O6S2/c1-17-8-11-19(12-9-17)24(33)29-26-30-31-27(39-26)40(35,36)32-21-7-5-4-6-20(21)25(34)28-15-14-18-10-13-22(37-2)23(16-18)38-3/h4-13,16,32H,14-15H2,1-3H3,(H,28,34)(H,29,30,33). The van der Waals surface area contributed by atoms with E-state index in [2.05, 4.69) is 25.6 Å². The van der Waals surface area contributed by atoms with E-state index >= 15 is 0 Å². The van der Waals surface area contributed by atoms with Crippen molar-refractivity contribution in [2.45, 2.75) is 17.7 Å². The molecule has 0 atom stereocenters. The molecule has 3 N–H and O–H groups in total. The Balaban J connectivity index is 1.40. The topological polar surface area (TPSA) is 149 Å². The fourth-order valence-corrected chi connectivity index (χ4v) is 5.63. The summed E-state index contributed by atoms with van der Waals surface area (Å²) in [5.41, 5.74) is 2.53. The molecule has 1 aromatic heterocycles. The van der Waals surface area contributed by atoms with E-state index in [0.29, 0.717) is 41.4 Å². The van der Waals surface area contributed by atoms with Crippen LogP contribution in [0.4, 0.5) is 10.8 Å². The molecule has 3 aromatic carbocycles. The van der Waals surface area contributed by atoms with Gasteiger partial charge in [-0.25, -0.2) is 0 Å². The van der Waals surface area contributed by atoms with E-state index in [1.165, 1.54) is 12.1 Å². The van der Waals surface area contributed by atoms with Gasteiger partial charge >= 0.3 is 0 Å². The molecule has 4 rings (SSSR count). The minimum Gasteiger partial charge on any atom is -0.493 e. The number of carbonyl (C=O) groups excluding carboxylic acids is 2. The van der Waals surface area contributed by atoms with E-state index in [4.69, 9.17) is 9.47 Å². The first-order chi connectivity index (χ1) is 19.2. The summed E-state index contributed by atoms with van der Waals surface area (Å²) in [5, 5.41) is 12.9. The fourth-order valence-electron chi connectivity index (χ4n) is 3.65. The lowest BCUT2D eigenvalue weighted by atomic mass is 10.1. The number of hydrogen-bond acceptors (Lipinski definition) is 9. The molecule has 0 aliphatic rings. The second-order valence-electron chi connectivity index (χ2n) is 8.54. The second-order valence-corrected chi connectivity index (χ2v) is 11.4. The molecule has 0 spiro atoms. The predicted molar refractivity (Wildman–Crippen MR) is 152 cm³/mol. The first-order valence-corrected chi connectivity index (χ1v) is 14.3. The van der Waals surface area contributed by atoms with Gasteiger partial charge < -0.3 is 14.8 Å². The highest BCUT2D eigenvalue weighted by molar-refractivity contribution is 7.94. The molecule has 0 aliphatic carbocycles. The summed E-state index contributed by atoms with van der Waals surface area (Å²) in [6, 6.07) is 18.6. The number of aryl methyl sites for hydroxylation is 1. The Morgan fingerprint density at radius 2 is 1.62 bits per heavy atom. The van der Waals surface area contributed by atoms with Crippen molar-refractivity contribution in [1.29, 1.82) is 0 Å². The van der Waals surface area contributed by atoms with Crippen LogP contribution in [0.2, 0.25) is 0 Å². The molecule has 11 nitrogen and oxygen atoms in total. The Morgan fingerprint density at radius 3 is 2.35 bits per heavy atom. The maximum atomic E-state index is 13.0. The summed E-state index contributed by atoms with van der Waals surface area (Å²) in [7, 11) is -1.09. The molecule has 40 heavy (non-hydrogen) atoms. The van der Waals surface area contributed by atoms with Crippen molar-refractivity contribution < 1.29 is 27.5 Å². The summed E-state index contributed by atoms with van der Waals surface area (Å²) in [4.78, 5) is 25.4. The quantitative estimate of drug-likeness (QED) is 0.226. The number of benzene rings is 3. The number of nitrogens with zero attached hydrogens (tertiary/aromatic N) is 2. The zero-order valence-electron chi connectivity index (χ0n) is 21.9. The van der Waals surface area contributed by atoms with Gasteiger partial charge in [0, 0.05) is 12.1 Å². The highest BCUT2D eigenvalue weighted by Gasteiger charge is 2.23. The van der Waals surface area contributed by atoms with Gasteiger partial charge in [-0.05, 0) is 55.3 Å². The van der Waals surface area contributed by atoms with E-state index in [-0.39, 0.29) is 20.7 Å². The van der Waals surface area contributed by atoms with Gasteiger partial charge in [-0.3, -0.25) is 19.6 Å². The lowest BCUT2D eigenvalue weighted by Gasteiger charge is -2.12. The van der Waals surface area contributed by atoms with Crippen molar-refractivity contribution in [2.75, 3.05) is 30.8 Å². The van der Waals surface area contributed by atoms with Crippen molar-refractivity contribution in [3.8, 4) is 11.5 Å². The number of hydrogen-bond donors (Lipinski definition) is 3. The normalized spacial score (nSPS) is 11.0. The van der Waals surface area contributed by atoms with Crippen LogP contribution in [0.3, 0.4) is 0 Å². The third-order valence-corrected chi connectivity index (χ3v) is 8.31. The first kappa shape index (κ1) is 28.5. The van der Waals surface area contributed by atoms with Crippen molar-refractivity contribution in [3.05, 3.63) is 89.0 Å². The molecule has 2 amide bonds. The molecule has 0 saturated heterocycles. The van der Waals surface area contributed by atoms with Gasteiger partial charge in [-0.1, -0.05) is 47.2 Å². The maximum Gasteiger partial charge on any atom is 0.291 e. The molecule has 0 fully saturated rings. The summed E-state index contributed by atoms with van der Waals surface area (Å²) in [5.74, 6) is 0.290. The zero-order valence-corrected chi connectivity index (χ0v) is 23.6. The van der Waals surface area contributed by atoms with Gasteiger partial charge in [-0.2, -0.15) is 8.42 Å². The molecule has 0 saturated carbocycles. The number of sulfonamides is 1. The van der Waals surface area contributed by atoms with Crippen molar-refractivity contribution in [3.63, 3.8) is 0 Å². The highest BCUT2D eigenvalue weighted by atomic mass is 32.2. The van der Waals surface area contributed by atoms with Crippen LogP contribution in [0, 0.1) is 6.92 Å². The van der Waals surface area contributed by atoms with Crippen LogP contribution in [-0.2, 0) is 16.4 Å². The van der Waals surface area contributed by atoms with Crippen LogP contribution >= 0.6 is 11.3 Å². The monoisotopic (exact) mass is 581 g/mol. The third-order valence-electron chi connectivity index (χ3n) is 5.73. The molecule has 13 heteroatoms. The van der Waals surface area contributed by atoms with Crippen molar-refractivity contribution >= 4 is 44.0 Å². The van der Waals surface area contributed by atoms with Crippen LogP contribution < -0.4 is 24.8 Å². The van der Waals surface area contributed by atoms with E-state index in [1.54, 1.807) is 56.7 Å². The average Bonchev–Trinajstić information content (AvgIpc) is 3.43. The van der Waals surface area contributed by atoms with E-state index in [1.807, 2.05) is 19.1 Å². The minimum absolute atomic E-state index is 0.0205. The fraction of sp³-hybridized carbons (Fsp3) is 0.185. The molecule has 0 aliphatic heterocycles. The first-order valence-electron chi connectivity index (χ1n) is 12.0. The van der Waals surface area contributed by atoms with Gasteiger partial charge in [0.2, 0.25) is 5.13 Å². The third kappa shape index (κ3) is 6.93. The Hall–Kier alpha value is -4.49. The lowest BCUT2D eigenvalue weighted by molar-refractivity contribution is 0.0954. The average molecular weight is 582 g/mol. The van der Waals surface area contributed by atoms with Crippen LogP contribution in [0.15, 0.2) is 71.1 Å². The van der Waals surface area contributed by atoms with E-state index < -0.39 is 21.8 Å². The number of ether oxygens (including phenoxy) is 2. The summed E-state index contributed by atoms with van der Waals surface area (Å²) < 4.78 is 38.6. The number of methoxy groups -OCH3 is 2. The second kappa shape index (κ2) is 12.6. The van der Waals surface area contributed by atoms with Crippen LogP contribution in [0.5, 0.6) is 11.5 Å². The Morgan fingerprint density at radius 1 is 0.900 bits per heavy atom. The van der Waals surface area contributed by atoms with Crippen LogP contribution in [0.1, 0.15) is 31.8 Å². The van der Waals surface area contributed by atoms with Gasteiger partial charge in [0.1, 0.15) is 0 Å². The Labute approximate surface area is 235 Å². The van der Waals surface area contributed by atoms with Gasteiger partial charge in [0.05, 0.1) is 25.5 Å². The summed E-state index contributed by atoms with van der Waals surface area (Å²) >= 11 is 0.692. The number of amides is 2. The van der Waals surface area contributed by atoms with Gasteiger partial charge in [0.25, 0.3) is 26.2 Å². The van der Waals surface area contributed by atoms with Crippen LogP contribution in [0.25, 0.3) is 0 Å². The minimum atomic E-state index is -4.19. The van der Waals surface area contributed by atoms with Crippen molar-refractivity contribution in [1.82, 2.24) is 15.5 Å². The van der Waals surface area contributed by atoms with Gasteiger partial charge in [-0.15, -0.1) is 10.2 Å². The Kier molecular flexibility index (Phi) is 8.97. The van der Waals surface area contributed by atoms with Gasteiger partial charge in [0.15, 0.2) is 11.5 Å². The number of rotatable bonds is 11. The molecular formula is C27H27N5O6S2. The molecular weight excluding hydrogens is 554 g/mol. The maximum absolute atomic E-state index is 13.0. The van der Waals surface area contributed by atoms with E-state index in [9.17, 15) is 18.0 Å². The van der Waals surface area contributed by atoms with Crippen molar-refractivity contribution in [2.24, 2.45) is 0 Å². The number of anilines is 2. The zero-order chi connectivity index (χ0) is 28.7. The number of carbonyl (C=O) groups is 2.